The number of carbonyl (C=O) groups excluding carboxylic acids is 1. The fraction of sp³-hybridized carbons (Fsp3) is 0.353. The maximum absolute atomic E-state index is 10.5. The second-order valence-electron chi connectivity index (χ2n) is 4.48. The predicted molar refractivity (Wildman–Crippen MR) is 84.5 cm³/mol. The Morgan fingerprint density at radius 2 is 2.14 bits per heavy atom. The fourth-order valence-electron chi connectivity index (χ4n) is 1.92. The van der Waals surface area contributed by atoms with Gasteiger partial charge in [-0.05, 0) is 48.3 Å². The van der Waals surface area contributed by atoms with Gasteiger partial charge in [-0.3, -0.25) is 4.79 Å². The van der Waals surface area contributed by atoms with Gasteiger partial charge in [0, 0.05) is 7.11 Å². The van der Waals surface area contributed by atoms with Gasteiger partial charge in [-0.1, -0.05) is 12.1 Å². The molecular formula is C17H22O5. The minimum Gasteiger partial charge on any atom is -0.497 e. The highest BCUT2D eigenvalue weighted by atomic mass is 16.7. The molecule has 1 aromatic carbocycles. The monoisotopic (exact) mass is 306 g/mol. The quantitative estimate of drug-likeness (QED) is 0.311. The van der Waals surface area contributed by atoms with Gasteiger partial charge in [-0.25, -0.2) is 0 Å². The summed E-state index contributed by atoms with van der Waals surface area (Å²) in [5.41, 5.74) is 2.02. The van der Waals surface area contributed by atoms with E-state index in [-0.39, 0.29) is 13.4 Å². The summed E-state index contributed by atoms with van der Waals surface area (Å²) < 4.78 is 15.2. The smallest absolute Gasteiger partial charge is 0.188 e. The highest BCUT2D eigenvalue weighted by molar-refractivity contribution is 5.74. The first-order valence-electron chi connectivity index (χ1n) is 6.95. The zero-order chi connectivity index (χ0) is 16.2. The summed E-state index contributed by atoms with van der Waals surface area (Å²) >= 11 is 0. The molecule has 0 atom stereocenters. The zero-order valence-corrected chi connectivity index (χ0v) is 13.0. The number of hydrogen-bond acceptors (Lipinski definition) is 5. The van der Waals surface area contributed by atoms with Crippen LogP contribution < -0.4 is 4.74 Å². The van der Waals surface area contributed by atoms with E-state index >= 15 is 0 Å². The molecule has 0 saturated carbocycles. The van der Waals surface area contributed by atoms with Crippen LogP contribution in [0.15, 0.2) is 36.1 Å². The number of carbonyl (C=O) groups is 1. The van der Waals surface area contributed by atoms with Gasteiger partial charge in [0.1, 0.15) is 24.4 Å². The van der Waals surface area contributed by atoms with Gasteiger partial charge in [0.2, 0.25) is 0 Å². The molecule has 0 aromatic heterocycles. The number of rotatable bonds is 10. The largest absolute Gasteiger partial charge is 0.497 e. The van der Waals surface area contributed by atoms with E-state index in [0.717, 1.165) is 29.6 Å². The third-order valence-corrected chi connectivity index (χ3v) is 3.01. The van der Waals surface area contributed by atoms with Gasteiger partial charge in [0.25, 0.3) is 0 Å². The third-order valence-electron chi connectivity index (χ3n) is 3.01. The molecule has 0 bridgehead atoms. The van der Waals surface area contributed by atoms with Crippen LogP contribution in [0.5, 0.6) is 5.75 Å². The van der Waals surface area contributed by atoms with Crippen LogP contribution in [0.4, 0.5) is 0 Å². The average molecular weight is 306 g/mol. The molecule has 0 heterocycles. The summed E-state index contributed by atoms with van der Waals surface area (Å²) in [6.45, 7) is -0.0573. The van der Waals surface area contributed by atoms with Crippen LogP contribution in [0.1, 0.15) is 17.5 Å². The number of aldehydes is 1. The Balaban J connectivity index is 2.79. The summed E-state index contributed by atoms with van der Waals surface area (Å²) in [6, 6.07) is 5.70. The van der Waals surface area contributed by atoms with Crippen LogP contribution in [0.3, 0.4) is 0 Å². The number of hydrogen-bond donors (Lipinski definition) is 1. The minimum absolute atomic E-state index is 0.110. The summed E-state index contributed by atoms with van der Waals surface area (Å²) in [5.74, 6) is 1.25. The molecule has 120 valence electrons. The Bertz CT molecular complexity index is 520. The molecule has 0 amide bonds. The fourth-order valence-corrected chi connectivity index (χ4v) is 1.92. The Kier molecular flexibility index (Phi) is 8.64. The highest BCUT2D eigenvalue weighted by Gasteiger charge is 2.03. The average Bonchev–Trinajstić information content (AvgIpc) is 2.56. The van der Waals surface area contributed by atoms with Crippen molar-refractivity contribution in [2.45, 2.75) is 12.8 Å². The summed E-state index contributed by atoms with van der Waals surface area (Å²) in [7, 11) is 3.14. The molecule has 0 saturated heterocycles. The number of benzene rings is 1. The zero-order valence-electron chi connectivity index (χ0n) is 13.0. The Labute approximate surface area is 130 Å². The van der Waals surface area contributed by atoms with Crippen molar-refractivity contribution >= 4 is 12.4 Å². The first-order valence-corrected chi connectivity index (χ1v) is 6.95. The van der Waals surface area contributed by atoms with Gasteiger partial charge in [0.05, 0.1) is 7.11 Å². The first-order chi connectivity index (χ1) is 10.7. The van der Waals surface area contributed by atoms with Gasteiger partial charge in [-0.15, -0.1) is 0 Å². The number of methoxy groups -OCH3 is 2. The maximum Gasteiger partial charge on any atom is 0.188 e. The second kappa shape index (κ2) is 10.6. The van der Waals surface area contributed by atoms with Gasteiger partial charge in [0.15, 0.2) is 6.79 Å². The van der Waals surface area contributed by atoms with E-state index in [4.69, 9.17) is 14.2 Å². The standard InChI is InChI=1S/C17H22O5/c1-20-13-22-17(12-19)7-3-5-15-11-16(21-2)9-8-14(15)6-4-10-18/h4,6-11,19H,3,5,12-13H2,1-2H3/b6-4+,17-7+. The Morgan fingerprint density at radius 3 is 2.77 bits per heavy atom. The van der Waals surface area contributed by atoms with E-state index in [9.17, 15) is 9.90 Å². The summed E-state index contributed by atoms with van der Waals surface area (Å²) in [6.07, 6.45) is 7.22. The van der Waals surface area contributed by atoms with Crippen LogP contribution in [0.25, 0.3) is 6.08 Å². The molecule has 5 heteroatoms. The number of aliphatic hydroxyl groups excluding tert-OH is 1. The predicted octanol–water partition coefficient (Wildman–Crippen LogP) is 2.34. The molecule has 22 heavy (non-hydrogen) atoms. The highest BCUT2D eigenvalue weighted by Crippen LogP contribution is 2.20. The lowest BCUT2D eigenvalue weighted by Crippen LogP contribution is -2.01. The lowest BCUT2D eigenvalue weighted by molar-refractivity contribution is -0.104. The second-order valence-corrected chi connectivity index (χ2v) is 4.48. The number of allylic oxidation sites excluding steroid dienone is 2. The normalized spacial score (nSPS) is 11.7. The molecule has 1 N–H and O–H groups in total. The van der Waals surface area contributed by atoms with Crippen molar-refractivity contribution in [1.29, 1.82) is 0 Å². The van der Waals surface area contributed by atoms with E-state index in [1.165, 1.54) is 13.2 Å². The molecule has 0 fully saturated rings. The molecule has 1 rings (SSSR count). The van der Waals surface area contributed by atoms with E-state index in [0.29, 0.717) is 12.2 Å². The molecule has 0 spiro atoms. The third kappa shape index (κ3) is 6.11. The van der Waals surface area contributed by atoms with Crippen LogP contribution in [-0.2, 0) is 20.7 Å². The Morgan fingerprint density at radius 1 is 1.32 bits per heavy atom. The van der Waals surface area contributed by atoms with Crippen molar-refractivity contribution in [1.82, 2.24) is 0 Å². The molecule has 0 aliphatic carbocycles. The molecule has 0 radical (unpaired) electrons. The molecule has 5 nitrogen and oxygen atoms in total. The Hall–Kier alpha value is -2.11. The van der Waals surface area contributed by atoms with Gasteiger partial charge >= 0.3 is 0 Å². The minimum atomic E-state index is -0.167. The van der Waals surface area contributed by atoms with Crippen LogP contribution in [0.2, 0.25) is 0 Å². The lowest BCUT2D eigenvalue weighted by atomic mass is 10.0. The number of aliphatic hydroxyl groups is 1. The van der Waals surface area contributed by atoms with E-state index in [1.807, 2.05) is 24.3 Å². The molecule has 0 unspecified atom stereocenters. The van der Waals surface area contributed by atoms with Crippen molar-refractivity contribution in [2.24, 2.45) is 0 Å². The maximum atomic E-state index is 10.5. The van der Waals surface area contributed by atoms with Crippen LogP contribution >= 0.6 is 0 Å². The van der Waals surface area contributed by atoms with E-state index in [2.05, 4.69) is 0 Å². The van der Waals surface area contributed by atoms with Gasteiger partial charge in [-0.2, -0.15) is 0 Å². The molecule has 0 aliphatic rings. The lowest BCUT2D eigenvalue weighted by Gasteiger charge is -2.09. The van der Waals surface area contributed by atoms with Crippen molar-refractivity contribution in [3.63, 3.8) is 0 Å². The van der Waals surface area contributed by atoms with E-state index in [1.54, 1.807) is 13.2 Å². The molecule has 0 aliphatic heterocycles. The number of ether oxygens (including phenoxy) is 3. The van der Waals surface area contributed by atoms with E-state index < -0.39 is 0 Å². The number of aryl methyl sites for hydroxylation is 1. The van der Waals surface area contributed by atoms with Crippen molar-refractivity contribution in [3.8, 4) is 5.75 Å². The SMILES string of the molecule is COCO/C(=C/CCc1cc(OC)ccc1/C=C/C=O)CO. The summed E-state index contributed by atoms with van der Waals surface area (Å²) in [4.78, 5) is 10.5. The van der Waals surface area contributed by atoms with Crippen LogP contribution in [-0.4, -0.2) is 39.0 Å². The summed E-state index contributed by atoms with van der Waals surface area (Å²) in [5, 5.41) is 9.18. The van der Waals surface area contributed by atoms with Crippen LogP contribution in [0, 0.1) is 0 Å². The van der Waals surface area contributed by atoms with Crippen molar-refractivity contribution < 1.29 is 24.1 Å². The van der Waals surface area contributed by atoms with Gasteiger partial charge < -0.3 is 19.3 Å². The van der Waals surface area contributed by atoms with Crippen molar-refractivity contribution in [2.75, 3.05) is 27.6 Å². The molecular weight excluding hydrogens is 284 g/mol. The first kappa shape index (κ1) is 17.9. The topological polar surface area (TPSA) is 65.0 Å². The molecule has 1 aromatic rings. The van der Waals surface area contributed by atoms with Crippen molar-refractivity contribution in [3.05, 3.63) is 47.2 Å².